The number of nitrogens with zero attached hydrogens (tertiary/aromatic N) is 3. The second kappa shape index (κ2) is 10.1. The Kier molecular flexibility index (Phi) is 7.47. The number of hydrogen-bond acceptors (Lipinski definition) is 4. The van der Waals surface area contributed by atoms with Crippen molar-refractivity contribution in [3.63, 3.8) is 0 Å². The number of carbonyl (C=O) groups excluding carboxylic acids is 1. The van der Waals surface area contributed by atoms with Crippen LogP contribution in [0.4, 0.5) is 5.69 Å². The van der Waals surface area contributed by atoms with Crippen molar-refractivity contribution >= 4 is 44.7 Å². The molecule has 0 aliphatic heterocycles. The van der Waals surface area contributed by atoms with Gasteiger partial charge in [-0.25, -0.2) is 0 Å². The molecule has 0 saturated carbocycles. The first-order chi connectivity index (χ1) is 14.1. The van der Waals surface area contributed by atoms with Crippen LogP contribution in [0.25, 0.3) is 10.2 Å². The molecule has 2 aromatic carbocycles. The number of carbonyl (C=O) groups is 1. The number of amides is 1. The molecular weight excluding hydrogens is 406 g/mol. The van der Waals surface area contributed by atoms with Crippen LogP contribution < -0.4 is 9.70 Å². The summed E-state index contributed by atoms with van der Waals surface area (Å²) in [7, 11) is 0. The van der Waals surface area contributed by atoms with Crippen LogP contribution in [0.15, 0.2) is 47.5 Å². The van der Waals surface area contributed by atoms with Crippen molar-refractivity contribution in [2.45, 2.75) is 27.3 Å². The van der Waals surface area contributed by atoms with Gasteiger partial charge in [-0.2, -0.15) is 4.99 Å². The molecule has 0 fully saturated rings. The van der Waals surface area contributed by atoms with E-state index >= 15 is 0 Å². The summed E-state index contributed by atoms with van der Waals surface area (Å²) >= 11 is 7.61. The summed E-state index contributed by atoms with van der Waals surface area (Å²) < 4.78 is 8.53. The maximum absolute atomic E-state index is 12.8. The van der Waals surface area contributed by atoms with Gasteiger partial charge in [0.1, 0.15) is 0 Å². The number of benzene rings is 2. The van der Waals surface area contributed by atoms with Gasteiger partial charge >= 0.3 is 0 Å². The van der Waals surface area contributed by atoms with Crippen molar-refractivity contribution in [3.8, 4) is 0 Å². The zero-order valence-electron chi connectivity index (χ0n) is 17.0. The Morgan fingerprint density at radius 3 is 2.52 bits per heavy atom. The SMILES string of the molecule is CCOCCn1c(=NC(=O)c2ccc(N(CC)CC)cc2)sc2cc(Cl)ccc21. The molecule has 0 aliphatic carbocycles. The van der Waals surface area contributed by atoms with Crippen molar-refractivity contribution < 1.29 is 9.53 Å². The summed E-state index contributed by atoms with van der Waals surface area (Å²) in [4.78, 5) is 20.1. The number of hydrogen-bond donors (Lipinski definition) is 0. The third-order valence-corrected chi connectivity index (χ3v) is 6.02. The van der Waals surface area contributed by atoms with E-state index in [-0.39, 0.29) is 5.91 Å². The summed E-state index contributed by atoms with van der Waals surface area (Å²) in [6.07, 6.45) is 0. The molecule has 154 valence electrons. The molecule has 0 N–H and O–H groups in total. The van der Waals surface area contributed by atoms with Gasteiger partial charge in [0.2, 0.25) is 0 Å². The molecular formula is C22H26ClN3O2S. The fourth-order valence-electron chi connectivity index (χ4n) is 3.20. The highest BCUT2D eigenvalue weighted by Gasteiger charge is 2.11. The molecule has 0 saturated heterocycles. The molecule has 0 bridgehead atoms. The number of rotatable bonds is 8. The van der Waals surface area contributed by atoms with Gasteiger partial charge < -0.3 is 14.2 Å². The molecule has 1 heterocycles. The number of ether oxygens (including phenoxy) is 1. The monoisotopic (exact) mass is 431 g/mol. The van der Waals surface area contributed by atoms with E-state index in [2.05, 4.69) is 23.7 Å². The molecule has 5 nitrogen and oxygen atoms in total. The van der Waals surface area contributed by atoms with Gasteiger partial charge in [-0.05, 0) is 63.2 Å². The Labute approximate surface area is 180 Å². The van der Waals surface area contributed by atoms with E-state index in [0.29, 0.717) is 35.1 Å². The van der Waals surface area contributed by atoms with Crippen molar-refractivity contribution in [1.29, 1.82) is 0 Å². The second-order valence-corrected chi connectivity index (χ2v) is 7.93. The molecule has 29 heavy (non-hydrogen) atoms. The molecule has 1 amide bonds. The Hall–Kier alpha value is -2.15. The molecule has 0 radical (unpaired) electrons. The van der Waals surface area contributed by atoms with Crippen LogP contribution in [0.3, 0.4) is 0 Å². The van der Waals surface area contributed by atoms with E-state index in [4.69, 9.17) is 16.3 Å². The number of fused-ring (bicyclic) bond motifs is 1. The minimum Gasteiger partial charge on any atom is -0.380 e. The third-order valence-electron chi connectivity index (χ3n) is 4.75. The van der Waals surface area contributed by atoms with E-state index in [1.165, 1.54) is 11.3 Å². The molecule has 0 unspecified atom stereocenters. The van der Waals surface area contributed by atoms with E-state index < -0.39 is 0 Å². The van der Waals surface area contributed by atoms with Crippen LogP contribution in [0, 0.1) is 0 Å². The molecule has 1 aromatic heterocycles. The Morgan fingerprint density at radius 1 is 1.14 bits per heavy atom. The summed E-state index contributed by atoms with van der Waals surface area (Å²) in [5.74, 6) is -0.251. The molecule has 0 aliphatic rings. The van der Waals surface area contributed by atoms with Crippen LogP contribution in [0.5, 0.6) is 0 Å². The average molecular weight is 432 g/mol. The van der Waals surface area contributed by atoms with Crippen molar-refractivity contribution in [1.82, 2.24) is 4.57 Å². The van der Waals surface area contributed by atoms with Gasteiger partial charge in [-0.1, -0.05) is 22.9 Å². The first-order valence-corrected chi connectivity index (χ1v) is 11.1. The lowest BCUT2D eigenvalue weighted by molar-refractivity contribution is 0.0996. The fraction of sp³-hybridized carbons (Fsp3) is 0.364. The average Bonchev–Trinajstić information content (AvgIpc) is 3.05. The number of halogens is 1. The van der Waals surface area contributed by atoms with E-state index in [0.717, 1.165) is 29.0 Å². The molecule has 3 aromatic rings. The molecule has 0 atom stereocenters. The fourth-order valence-corrected chi connectivity index (χ4v) is 4.53. The Balaban J connectivity index is 1.95. The number of aromatic nitrogens is 1. The maximum atomic E-state index is 12.8. The first-order valence-electron chi connectivity index (χ1n) is 9.88. The zero-order chi connectivity index (χ0) is 20.8. The van der Waals surface area contributed by atoms with E-state index in [1.54, 1.807) is 0 Å². The summed E-state index contributed by atoms with van der Waals surface area (Å²) in [6, 6.07) is 13.4. The summed E-state index contributed by atoms with van der Waals surface area (Å²) in [6.45, 7) is 9.90. The predicted molar refractivity (Wildman–Crippen MR) is 121 cm³/mol. The zero-order valence-corrected chi connectivity index (χ0v) is 18.6. The minimum absolute atomic E-state index is 0.251. The first kappa shape index (κ1) is 21.6. The highest BCUT2D eigenvalue weighted by molar-refractivity contribution is 7.16. The van der Waals surface area contributed by atoms with Gasteiger partial charge in [0.25, 0.3) is 5.91 Å². The van der Waals surface area contributed by atoms with Gasteiger partial charge in [0.15, 0.2) is 4.80 Å². The largest absolute Gasteiger partial charge is 0.380 e. The number of thiazole rings is 1. The lowest BCUT2D eigenvalue weighted by Gasteiger charge is -2.20. The third kappa shape index (κ3) is 5.07. The van der Waals surface area contributed by atoms with Crippen LogP contribution in [-0.4, -0.2) is 36.8 Å². The van der Waals surface area contributed by atoms with Crippen molar-refractivity contribution in [3.05, 3.63) is 57.9 Å². The molecule has 3 rings (SSSR count). The highest BCUT2D eigenvalue weighted by Crippen LogP contribution is 2.22. The second-order valence-electron chi connectivity index (χ2n) is 6.48. The van der Waals surface area contributed by atoms with Crippen molar-refractivity contribution in [2.24, 2.45) is 4.99 Å². The number of anilines is 1. The van der Waals surface area contributed by atoms with Gasteiger partial charge in [0, 0.05) is 42.5 Å². The summed E-state index contributed by atoms with van der Waals surface area (Å²) in [5.41, 5.74) is 2.69. The van der Waals surface area contributed by atoms with Crippen LogP contribution >= 0.6 is 22.9 Å². The quantitative estimate of drug-likeness (QED) is 0.472. The highest BCUT2D eigenvalue weighted by atomic mass is 35.5. The minimum atomic E-state index is -0.251. The smallest absolute Gasteiger partial charge is 0.279 e. The standard InChI is InChI=1S/C22H26ClN3O2S/c1-4-25(5-2)18-10-7-16(8-11-18)21(27)24-22-26(13-14-28-6-3)19-12-9-17(23)15-20(19)29-22/h7-12,15H,4-6,13-14H2,1-3H3. The van der Waals surface area contributed by atoms with Gasteiger partial charge in [-0.15, -0.1) is 0 Å². The summed E-state index contributed by atoms with van der Waals surface area (Å²) in [5, 5.41) is 0.667. The Bertz CT molecular complexity index is 1040. The Morgan fingerprint density at radius 2 is 1.86 bits per heavy atom. The van der Waals surface area contributed by atoms with Gasteiger partial charge in [-0.3, -0.25) is 4.79 Å². The topological polar surface area (TPSA) is 46.8 Å². The predicted octanol–water partition coefficient (Wildman–Crippen LogP) is 4.98. The van der Waals surface area contributed by atoms with Gasteiger partial charge in [0.05, 0.1) is 16.8 Å². The van der Waals surface area contributed by atoms with Crippen LogP contribution in [0.2, 0.25) is 5.02 Å². The van der Waals surface area contributed by atoms with E-state index in [1.807, 2.05) is 54.0 Å². The van der Waals surface area contributed by atoms with Crippen molar-refractivity contribution in [2.75, 3.05) is 31.2 Å². The van der Waals surface area contributed by atoms with Crippen LogP contribution in [0.1, 0.15) is 31.1 Å². The maximum Gasteiger partial charge on any atom is 0.279 e. The van der Waals surface area contributed by atoms with E-state index in [9.17, 15) is 4.79 Å². The lowest BCUT2D eigenvalue weighted by Crippen LogP contribution is -2.21. The van der Waals surface area contributed by atoms with Crippen LogP contribution in [-0.2, 0) is 11.3 Å². The normalized spacial score (nSPS) is 11.9. The lowest BCUT2D eigenvalue weighted by atomic mass is 10.2. The molecule has 0 spiro atoms. The molecule has 7 heteroatoms.